The molecule has 0 aliphatic heterocycles. The average Bonchev–Trinajstić information content (AvgIpc) is 3.39. The fourth-order valence-electron chi connectivity index (χ4n) is 4.22. The van der Waals surface area contributed by atoms with E-state index in [0.29, 0.717) is 38.9 Å². The van der Waals surface area contributed by atoms with Crippen molar-refractivity contribution in [3.63, 3.8) is 0 Å². The Morgan fingerprint density at radius 1 is 1.06 bits per heavy atom. The number of ether oxygens (including phenoxy) is 1. The molecule has 0 atom stereocenters. The van der Waals surface area contributed by atoms with Gasteiger partial charge in [-0.1, -0.05) is 41.4 Å². The minimum atomic E-state index is -0.654. The van der Waals surface area contributed by atoms with Crippen LogP contribution >= 0.6 is 11.6 Å². The molecule has 0 saturated heterocycles. The number of aryl methyl sites for hydroxylation is 2. The molecule has 3 N–H and O–H groups in total. The third-order valence-corrected chi connectivity index (χ3v) is 6.27. The number of carbonyl (C=O) groups excluding carboxylic acids is 1. The second-order valence-corrected chi connectivity index (χ2v) is 8.65. The molecule has 0 radical (unpaired) electrons. The Kier molecular flexibility index (Phi) is 5.45. The van der Waals surface area contributed by atoms with E-state index < -0.39 is 5.91 Å². The number of hydrogen-bond acceptors (Lipinski definition) is 4. The van der Waals surface area contributed by atoms with E-state index >= 15 is 0 Å². The summed E-state index contributed by atoms with van der Waals surface area (Å²) in [6.45, 7) is 1.99. The van der Waals surface area contributed by atoms with Gasteiger partial charge < -0.3 is 15.5 Å². The zero-order chi connectivity index (χ0) is 24.9. The van der Waals surface area contributed by atoms with Crippen LogP contribution in [0.4, 0.5) is 0 Å². The summed E-state index contributed by atoms with van der Waals surface area (Å²) >= 11 is 6.48. The lowest BCUT2D eigenvalue weighted by atomic mass is 10.0. The zero-order valence-corrected chi connectivity index (χ0v) is 20.1. The van der Waals surface area contributed by atoms with Crippen molar-refractivity contribution >= 4 is 28.5 Å². The minimum absolute atomic E-state index is 0.0630. The normalized spacial score (nSPS) is 11.2. The number of halogens is 1. The maximum Gasteiger partial charge on any atom is 0.333 e. The molecular formula is C26H22ClN5O3. The van der Waals surface area contributed by atoms with E-state index in [1.807, 2.05) is 49.4 Å². The molecule has 2 aromatic heterocycles. The van der Waals surface area contributed by atoms with Crippen molar-refractivity contribution in [2.45, 2.75) is 6.92 Å². The second kappa shape index (κ2) is 8.48. The van der Waals surface area contributed by atoms with E-state index in [1.165, 1.54) is 0 Å². The topological polar surface area (TPSA) is 108 Å². The molecule has 8 nitrogen and oxygen atoms in total. The van der Waals surface area contributed by atoms with Crippen LogP contribution in [0.15, 0.2) is 65.5 Å². The van der Waals surface area contributed by atoms with Crippen molar-refractivity contribution < 1.29 is 9.53 Å². The van der Waals surface area contributed by atoms with Crippen LogP contribution in [-0.2, 0) is 7.05 Å². The summed E-state index contributed by atoms with van der Waals surface area (Å²) in [5.41, 5.74) is 11.1. The van der Waals surface area contributed by atoms with Crippen LogP contribution in [-0.4, -0.2) is 32.1 Å². The van der Waals surface area contributed by atoms with E-state index in [1.54, 1.807) is 41.5 Å². The van der Waals surface area contributed by atoms with Gasteiger partial charge in [0.05, 0.1) is 40.2 Å². The number of nitrogens with one attached hydrogen (secondary N) is 1. The van der Waals surface area contributed by atoms with Crippen molar-refractivity contribution in [2.75, 3.05) is 7.11 Å². The molecule has 0 aliphatic carbocycles. The quantitative estimate of drug-likeness (QED) is 0.381. The number of carbonyl (C=O) groups is 1. The van der Waals surface area contributed by atoms with Gasteiger partial charge in [0.2, 0.25) is 0 Å². The SMILES string of the molecule is COc1ccc(-n2c(=O)n(C)c3cc(-c4[nH]c(C(N)=O)nc4-c4cccc(C)c4)ccc32)c(Cl)c1. The van der Waals surface area contributed by atoms with Crippen LogP contribution in [0, 0.1) is 6.92 Å². The smallest absolute Gasteiger partial charge is 0.333 e. The summed E-state index contributed by atoms with van der Waals surface area (Å²) in [5, 5.41) is 0.393. The number of amides is 1. The van der Waals surface area contributed by atoms with Crippen molar-refractivity contribution in [1.82, 2.24) is 19.1 Å². The first kappa shape index (κ1) is 22.5. The second-order valence-electron chi connectivity index (χ2n) is 8.24. The van der Waals surface area contributed by atoms with Crippen LogP contribution in [0.1, 0.15) is 16.2 Å². The number of nitrogens with two attached hydrogens (primary N) is 1. The Bertz CT molecular complexity index is 1680. The summed E-state index contributed by atoms with van der Waals surface area (Å²) in [4.78, 5) is 32.6. The van der Waals surface area contributed by atoms with Gasteiger partial charge in [-0.25, -0.2) is 9.78 Å². The van der Waals surface area contributed by atoms with E-state index in [4.69, 9.17) is 22.1 Å². The number of primary amides is 1. The largest absolute Gasteiger partial charge is 0.497 e. The van der Waals surface area contributed by atoms with Gasteiger partial charge in [0.1, 0.15) is 5.75 Å². The third kappa shape index (κ3) is 3.77. The summed E-state index contributed by atoms with van der Waals surface area (Å²) in [7, 11) is 3.26. The van der Waals surface area contributed by atoms with Gasteiger partial charge in [-0.2, -0.15) is 0 Å². The van der Waals surface area contributed by atoms with Crippen molar-refractivity contribution in [1.29, 1.82) is 0 Å². The monoisotopic (exact) mass is 487 g/mol. The molecule has 0 aliphatic rings. The highest BCUT2D eigenvalue weighted by molar-refractivity contribution is 6.32. The number of aromatic nitrogens is 4. The van der Waals surface area contributed by atoms with Crippen molar-refractivity contribution in [3.05, 3.63) is 87.6 Å². The van der Waals surface area contributed by atoms with Gasteiger partial charge in [-0.3, -0.25) is 13.9 Å². The lowest BCUT2D eigenvalue weighted by molar-refractivity contribution is 0.0991. The van der Waals surface area contributed by atoms with Crippen molar-refractivity contribution in [2.24, 2.45) is 12.8 Å². The molecule has 1 amide bonds. The number of imidazole rings is 2. The zero-order valence-electron chi connectivity index (χ0n) is 19.3. The third-order valence-electron chi connectivity index (χ3n) is 5.97. The molecular weight excluding hydrogens is 466 g/mol. The molecule has 0 spiro atoms. The fraction of sp³-hybridized carbons (Fsp3) is 0.115. The van der Waals surface area contributed by atoms with Crippen LogP contribution < -0.4 is 16.2 Å². The highest BCUT2D eigenvalue weighted by Gasteiger charge is 2.20. The van der Waals surface area contributed by atoms with Gasteiger partial charge in [-0.15, -0.1) is 0 Å². The first-order valence-electron chi connectivity index (χ1n) is 10.8. The van der Waals surface area contributed by atoms with Crippen LogP contribution in [0.5, 0.6) is 5.75 Å². The number of H-pyrrole nitrogens is 1. The summed E-state index contributed by atoms with van der Waals surface area (Å²) < 4.78 is 8.34. The highest BCUT2D eigenvalue weighted by atomic mass is 35.5. The lowest BCUT2D eigenvalue weighted by Crippen LogP contribution is -2.21. The van der Waals surface area contributed by atoms with Gasteiger partial charge in [0, 0.05) is 24.2 Å². The molecule has 3 aromatic carbocycles. The van der Waals surface area contributed by atoms with Gasteiger partial charge >= 0.3 is 5.69 Å². The Hall–Kier alpha value is -4.30. The van der Waals surface area contributed by atoms with E-state index in [2.05, 4.69) is 9.97 Å². The molecule has 0 fully saturated rings. The van der Waals surface area contributed by atoms with Crippen LogP contribution in [0.3, 0.4) is 0 Å². The summed E-state index contributed by atoms with van der Waals surface area (Å²) in [6, 6.07) is 18.6. The van der Waals surface area contributed by atoms with Crippen molar-refractivity contribution in [3.8, 4) is 34.0 Å². The number of fused-ring (bicyclic) bond motifs is 1. The van der Waals surface area contributed by atoms with Gasteiger partial charge in [0.15, 0.2) is 5.82 Å². The molecule has 9 heteroatoms. The number of rotatable bonds is 5. The Morgan fingerprint density at radius 3 is 2.54 bits per heavy atom. The average molecular weight is 488 g/mol. The minimum Gasteiger partial charge on any atom is -0.497 e. The lowest BCUT2D eigenvalue weighted by Gasteiger charge is -2.09. The van der Waals surface area contributed by atoms with E-state index in [9.17, 15) is 9.59 Å². The first-order valence-corrected chi connectivity index (χ1v) is 11.2. The van der Waals surface area contributed by atoms with Gasteiger partial charge in [-0.05, 0) is 37.3 Å². The predicted molar refractivity (Wildman–Crippen MR) is 136 cm³/mol. The first-order chi connectivity index (χ1) is 16.8. The Labute approximate surface area is 205 Å². The number of benzene rings is 3. The van der Waals surface area contributed by atoms with Crippen LogP contribution in [0.2, 0.25) is 5.02 Å². The summed E-state index contributed by atoms with van der Waals surface area (Å²) in [6.07, 6.45) is 0. The summed E-state index contributed by atoms with van der Waals surface area (Å²) in [5.74, 6) is 0.00880. The molecule has 5 rings (SSSR count). The molecule has 176 valence electrons. The molecule has 35 heavy (non-hydrogen) atoms. The number of aromatic amines is 1. The number of nitrogens with zero attached hydrogens (tertiary/aromatic N) is 3. The molecule has 0 bridgehead atoms. The maximum atomic E-state index is 13.2. The molecule has 5 aromatic rings. The Morgan fingerprint density at radius 2 is 1.86 bits per heavy atom. The Balaban J connectivity index is 1.72. The molecule has 0 unspecified atom stereocenters. The standard InChI is InChI=1S/C26H22ClN5O3/c1-14-5-4-6-15(11-14)22-23(30-25(29-22)24(28)33)16-7-9-20-21(12-16)31(2)26(34)32(20)19-10-8-17(35-3)13-18(19)27/h4-13H,1-3H3,(H2,28,33)(H,29,30). The van der Waals surface area contributed by atoms with Gasteiger partial charge in [0.25, 0.3) is 5.91 Å². The number of hydrogen-bond donors (Lipinski definition) is 2. The molecule has 2 heterocycles. The van der Waals surface area contributed by atoms with Crippen LogP contribution in [0.25, 0.3) is 39.2 Å². The van der Waals surface area contributed by atoms with E-state index in [0.717, 1.165) is 16.7 Å². The maximum absolute atomic E-state index is 13.2. The molecule has 0 saturated carbocycles. The highest BCUT2D eigenvalue weighted by Crippen LogP contribution is 2.33. The van der Waals surface area contributed by atoms with E-state index in [-0.39, 0.29) is 11.5 Å². The number of methoxy groups -OCH3 is 1. The predicted octanol–water partition coefficient (Wildman–Crippen LogP) is 4.46. The fourth-order valence-corrected chi connectivity index (χ4v) is 4.48.